The predicted molar refractivity (Wildman–Crippen MR) is 33.3 cm³/mol. The fourth-order valence-corrected chi connectivity index (χ4v) is 0.754. The van der Waals surface area contributed by atoms with E-state index in [4.69, 9.17) is 11.6 Å². The smallest absolute Gasteiger partial charge is 0.174 e. The van der Waals surface area contributed by atoms with Crippen molar-refractivity contribution in [2.75, 3.05) is 0 Å². The number of azo groups is 1. The van der Waals surface area contributed by atoms with Crippen LogP contribution in [0.4, 0.5) is 13.2 Å². The van der Waals surface area contributed by atoms with Gasteiger partial charge < -0.3 is 0 Å². The average Bonchev–Trinajstić information content (AvgIpc) is 1.86. The third kappa shape index (κ3) is 2.18. The Morgan fingerprint density at radius 2 is 2.18 bits per heavy atom. The highest BCUT2D eigenvalue weighted by molar-refractivity contribution is 6.29. The number of hydrogen-bond acceptors (Lipinski definition) is 2. The average molecular weight is 185 g/mol. The lowest BCUT2D eigenvalue weighted by Crippen LogP contribution is -2.26. The predicted octanol–water partition coefficient (Wildman–Crippen LogP) is 2.85. The standard InChI is InChI=1S/C5H4ClF3N2/c6-4-2-1-3(10-11-4)5(7,8)9/h2-3H,1H2. The molecule has 1 unspecified atom stereocenters. The highest BCUT2D eigenvalue weighted by atomic mass is 35.5. The first-order chi connectivity index (χ1) is 5.00. The Kier molecular flexibility index (Phi) is 2.17. The summed E-state index contributed by atoms with van der Waals surface area (Å²) in [5.74, 6) is 0. The highest BCUT2D eigenvalue weighted by Crippen LogP contribution is 2.29. The largest absolute Gasteiger partial charge is 0.412 e. The molecular formula is C5H4ClF3N2. The molecule has 6 heteroatoms. The second-order valence-corrected chi connectivity index (χ2v) is 2.42. The van der Waals surface area contributed by atoms with Crippen LogP contribution in [0.2, 0.25) is 0 Å². The lowest BCUT2D eigenvalue weighted by Gasteiger charge is -2.14. The zero-order valence-corrected chi connectivity index (χ0v) is 6.02. The van der Waals surface area contributed by atoms with Gasteiger partial charge in [0.2, 0.25) is 0 Å². The fraction of sp³-hybridized carbons (Fsp3) is 0.600. The van der Waals surface area contributed by atoms with Gasteiger partial charge in [0, 0.05) is 6.42 Å². The summed E-state index contributed by atoms with van der Waals surface area (Å²) < 4.78 is 35.5. The molecule has 11 heavy (non-hydrogen) atoms. The maximum Gasteiger partial charge on any atom is 0.412 e. The van der Waals surface area contributed by atoms with E-state index in [2.05, 4.69) is 10.2 Å². The molecule has 0 saturated heterocycles. The van der Waals surface area contributed by atoms with E-state index in [0.717, 1.165) is 0 Å². The highest BCUT2D eigenvalue weighted by Gasteiger charge is 2.40. The van der Waals surface area contributed by atoms with Gasteiger partial charge in [-0.2, -0.15) is 18.3 Å². The molecule has 0 bridgehead atoms. The van der Waals surface area contributed by atoms with Crippen LogP contribution in [0.1, 0.15) is 6.42 Å². The van der Waals surface area contributed by atoms with E-state index in [9.17, 15) is 13.2 Å². The van der Waals surface area contributed by atoms with Gasteiger partial charge in [0.25, 0.3) is 0 Å². The van der Waals surface area contributed by atoms with Crippen molar-refractivity contribution in [3.63, 3.8) is 0 Å². The quantitative estimate of drug-likeness (QED) is 0.517. The molecule has 0 fully saturated rings. The van der Waals surface area contributed by atoms with Crippen molar-refractivity contribution >= 4 is 11.6 Å². The van der Waals surface area contributed by atoms with Crippen molar-refractivity contribution in [2.45, 2.75) is 18.6 Å². The van der Waals surface area contributed by atoms with Gasteiger partial charge in [-0.25, -0.2) is 0 Å². The molecule has 0 aromatic carbocycles. The molecule has 1 rings (SSSR count). The third-order valence-electron chi connectivity index (χ3n) is 1.18. The second-order valence-electron chi connectivity index (χ2n) is 2.04. The molecule has 1 aliphatic heterocycles. The molecule has 0 aliphatic carbocycles. The fourth-order valence-electron chi connectivity index (χ4n) is 0.621. The van der Waals surface area contributed by atoms with Crippen LogP contribution in [0, 0.1) is 0 Å². The van der Waals surface area contributed by atoms with Gasteiger partial charge >= 0.3 is 6.18 Å². The minimum absolute atomic E-state index is 0.0190. The van der Waals surface area contributed by atoms with Gasteiger partial charge in [-0.15, -0.1) is 5.11 Å². The number of hydrogen-bond donors (Lipinski definition) is 0. The zero-order valence-electron chi connectivity index (χ0n) is 5.27. The Morgan fingerprint density at radius 3 is 2.55 bits per heavy atom. The summed E-state index contributed by atoms with van der Waals surface area (Å²) in [4.78, 5) is 0. The molecule has 0 aromatic heterocycles. The van der Waals surface area contributed by atoms with E-state index in [1.165, 1.54) is 6.08 Å². The molecule has 0 amide bonds. The Labute approximate surface area is 65.8 Å². The van der Waals surface area contributed by atoms with Crippen LogP contribution in [-0.4, -0.2) is 12.2 Å². The number of halogens is 4. The van der Waals surface area contributed by atoms with E-state index in [1.807, 2.05) is 0 Å². The number of rotatable bonds is 0. The topological polar surface area (TPSA) is 24.7 Å². The van der Waals surface area contributed by atoms with Crippen LogP contribution in [-0.2, 0) is 0 Å². The summed E-state index contributed by atoms with van der Waals surface area (Å²) in [5.41, 5.74) is 0. The SMILES string of the molecule is FC(F)(F)C1CC=C(Cl)N=N1. The molecular weight excluding hydrogens is 181 g/mol. The van der Waals surface area contributed by atoms with Gasteiger partial charge in [-0.1, -0.05) is 11.6 Å². The molecule has 0 aromatic rings. The molecule has 1 heterocycles. The Balaban J connectivity index is 2.63. The minimum Gasteiger partial charge on any atom is -0.174 e. The monoisotopic (exact) mass is 184 g/mol. The second kappa shape index (κ2) is 2.81. The Hall–Kier alpha value is -0.580. The molecule has 62 valence electrons. The summed E-state index contributed by atoms with van der Waals surface area (Å²) >= 11 is 5.27. The van der Waals surface area contributed by atoms with Gasteiger partial charge in [-0.05, 0) is 6.08 Å². The summed E-state index contributed by atoms with van der Waals surface area (Å²) in [7, 11) is 0. The molecule has 2 nitrogen and oxygen atoms in total. The van der Waals surface area contributed by atoms with Crippen LogP contribution in [0.25, 0.3) is 0 Å². The van der Waals surface area contributed by atoms with Crippen molar-refractivity contribution in [2.24, 2.45) is 10.2 Å². The Bertz CT molecular complexity index is 208. The van der Waals surface area contributed by atoms with Crippen molar-refractivity contribution in [1.29, 1.82) is 0 Å². The van der Waals surface area contributed by atoms with Crippen LogP contribution >= 0.6 is 11.6 Å². The molecule has 1 aliphatic rings. The number of alkyl halides is 3. The van der Waals surface area contributed by atoms with E-state index < -0.39 is 12.2 Å². The minimum atomic E-state index is -4.31. The maximum absolute atomic E-state index is 11.8. The normalized spacial score (nSPS) is 25.1. The van der Waals surface area contributed by atoms with E-state index >= 15 is 0 Å². The maximum atomic E-state index is 11.8. The first-order valence-corrected chi connectivity index (χ1v) is 3.21. The van der Waals surface area contributed by atoms with Crippen LogP contribution < -0.4 is 0 Å². The van der Waals surface area contributed by atoms with E-state index in [1.54, 1.807) is 0 Å². The Morgan fingerprint density at radius 1 is 1.55 bits per heavy atom. The van der Waals surface area contributed by atoms with Crippen LogP contribution in [0.5, 0.6) is 0 Å². The molecule has 0 spiro atoms. The van der Waals surface area contributed by atoms with Gasteiger partial charge in [0.15, 0.2) is 6.04 Å². The van der Waals surface area contributed by atoms with E-state index in [-0.39, 0.29) is 11.6 Å². The first-order valence-electron chi connectivity index (χ1n) is 2.83. The lowest BCUT2D eigenvalue weighted by atomic mass is 10.2. The zero-order chi connectivity index (χ0) is 8.48. The summed E-state index contributed by atoms with van der Waals surface area (Å²) in [6, 6.07) is -1.72. The van der Waals surface area contributed by atoms with E-state index in [0.29, 0.717) is 0 Å². The van der Waals surface area contributed by atoms with Crippen LogP contribution in [0.15, 0.2) is 21.5 Å². The molecule has 0 saturated carbocycles. The van der Waals surface area contributed by atoms with Crippen molar-refractivity contribution < 1.29 is 13.2 Å². The van der Waals surface area contributed by atoms with Gasteiger partial charge in [0.1, 0.15) is 5.16 Å². The summed E-state index contributed by atoms with van der Waals surface area (Å²) in [6.07, 6.45) is -3.32. The lowest BCUT2D eigenvalue weighted by molar-refractivity contribution is -0.147. The van der Waals surface area contributed by atoms with Crippen molar-refractivity contribution in [3.05, 3.63) is 11.2 Å². The molecule has 0 N–H and O–H groups in total. The first kappa shape index (κ1) is 8.52. The molecule has 0 radical (unpaired) electrons. The third-order valence-corrected chi connectivity index (χ3v) is 1.41. The number of nitrogens with zero attached hydrogens (tertiary/aromatic N) is 2. The van der Waals surface area contributed by atoms with Gasteiger partial charge in [0.05, 0.1) is 0 Å². The van der Waals surface area contributed by atoms with Crippen molar-refractivity contribution in [1.82, 2.24) is 0 Å². The van der Waals surface area contributed by atoms with Crippen molar-refractivity contribution in [3.8, 4) is 0 Å². The van der Waals surface area contributed by atoms with Gasteiger partial charge in [-0.3, -0.25) is 0 Å². The van der Waals surface area contributed by atoms with Crippen LogP contribution in [0.3, 0.4) is 0 Å². The summed E-state index contributed by atoms with van der Waals surface area (Å²) in [6.45, 7) is 0. The summed E-state index contributed by atoms with van der Waals surface area (Å²) in [5, 5.41) is 6.11. The molecule has 1 atom stereocenters.